The van der Waals surface area contributed by atoms with Crippen LogP contribution in [0.25, 0.3) is 0 Å². The predicted molar refractivity (Wildman–Crippen MR) is 170 cm³/mol. The van der Waals surface area contributed by atoms with Crippen molar-refractivity contribution in [2.75, 3.05) is 6.61 Å². The van der Waals surface area contributed by atoms with Gasteiger partial charge >= 0.3 is 5.69 Å². The summed E-state index contributed by atoms with van der Waals surface area (Å²) in [7, 11) is -5.00. The molecular weight excluding hydrogens is 549 g/mol. The van der Waals surface area contributed by atoms with E-state index in [-0.39, 0.29) is 21.7 Å². The summed E-state index contributed by atoms with van der Waals surface area (Å²) < 4.78 is 22.3. The molecule has 0 spiro atoms. The van der Waals surface area contributed by atoms with Crippen LogP contribution >= 0.6 is 0 Å². The minimum atomic E-state index is -2.81. The molecule has 3 atom stereocenters. The van der Waals surface area contributed by atoms with Gasteiger partial charge in [-0.2, -0.15) is 0 Å². The first-order valence-electron chi connectivity index (χ1n) is 14.5. The predicted octanol–water partition coefficient (Wildman–Crippen LogP) is 5.10. The van der Waals surface area contributed by atoms with Crippen molar-refractivity contribution in [1.82, 2.24) is 9.55 Å². The smallest absolute Gasteiger partial charge is 0.330 e. The number of rotatable bonds is 8. The Balaban J connectivity index is 1.75. The summed E-state index contributed by atoms with van der Waals surface area (Å²) >= 11 is 0. The number of hydrogen-bond donors (Lipinski definition) is 1. The van der Waals surface area contributed by atoms with Gasteiger partial charge in [0.15, 0.2) is 8.32 Å². The first-order chi connectivity index (χ1) is 19.1. The molecule has 7 nitrogen and oxygen atoms in total. The number of ether oxygens (including phenoxy) is 1. The van der Waals surface area contributed by atoms with Gasteiger partial charge in [0.2, 0.25) is 0 Å². The lowest BCUT2D eigenvalue weighted by Gasteiger charge is -2.44. The molecule has 2 heterocycles. The minimum absolute atomic E-state index is 0.000101. The van der Waals surface area contributed by atoms with E-state index in [9.17, 15) is 9.59 Å². The molecule has 0 bridgehead atoms. The van der Waals surface area contributed by atoms with Gasteiger partial charge in [-0.1, -0.05) is 102 Å². The van der Waals surface area contributed by atoms with E-state index in [0.717, 1.165) is 0 Å². The zero-order valence-electron chi connectivity index (χ0n) is 26.0. The SMILES string of the molecule is Cc1cn([C@H]2C[C@H](O[Si](C)(C)C(C)(C)C)[C@@H](CO[Si](c3ccccc3)(c3ccccc3)C(C)(C)C)O2)c(=O)[nH]c1=O. The van der Waals surface area contributed by atoms with Crippen LogP contribution in [0, 0.1) is 6.92 Å². The van der Waals surface area contributed by atoms with Gasteiger partial charge in [0.05, 0.1) is 12.7 Å². The topological polar surface area (TPSA) is 82.6 Å². The number of hydrogen-bond acceptors (Lipinski definition) is 5. The van der Waals surface area contributed by atoms with Crippen LogP contribution in [0.15, 0.2) is 76.4 Å². The van der Waals surface area contributed by atoms with Crippen LogP contribution in [0.1, 0.15) is 59.8 Å². The Kier molecular flexibility index (Phi) is 8.88. The molecule has 1 aliphatic rings. The molecule has 1 saturated heterocycles. The van der Waals surface area contributed by atoms with Crippen LogP contribution in [0.2, 0.25) is 23.2 Å². The molecule has 9 heteroatoms. The standard InChI is InChI=1S/C32H46N2O5Si2/c1-23-21-34(30(36)33-29(23)35)28-20-26(39-40(8,9)31(2,3)4)27(38-28)22-37-41(32(5,6)7,24-16-12-10-13-17-24)25-18-14-11-15-19-25/h10-19,21,26-28H,20,22H2,1-9H3,(H,33,35,36)/t26-,27+,28+/m0/s1. The zero-order valence-corrected chi connectivity index (χ0v) is 28.0. The third kappa shape index (κ3) is 6.29. The molecule has 2 aromatic carbocycles. The van der Waals surface area contributed by atoms with Gasteiger partial charge in [-0.25, -0.2) is 4.79 Å². The molecule has 0 saturated carbocycles. The van der Waals surface area contributed by atoms with E-state index in [1.807, 2.05) is 12.1 Å². The van der Waals surface area contributed by atoms with Crippen molar-refractivity contribution < 1.29 is 13.6 Å². The van der Waals surface area contributed by atoms with Gasteiger partial charge in [-0.3, -0.25) is 14.3 Å². The van der Waals surface area contributed by atoms with Crippen LogP contribution in [0.3, 0.4) is 0 Å². The van der Waals surface area contributed by atoms with Crippen LogP contribution in [-0.2, 0) is 13.6 Å². The fraction of sp³-hybridized carbons (Fsp3) is 0.500. The summed E-state index contributed by atoms with van der Waals surface area (Å²) in [4.78, 5) is 27.3. The minimum Gasteiger partial charge on any atom is -0.411 e. The van der Waals surface area contributed by atoms with Crippen LogP contribution in [0.5, 0.6) is 0 Å². The molecule has 1 aliphatic heterocycles. The van der Waals surface area contributed by atoms with E-state index in [0.29, 0.717) is 18.6 Å². The van der Waals surface area contributed by atoms with Crippen LogP contribution in [0.4, 0.5) is 0 Å². The molecule has 1 N–H and O–H groups in total. The van der Waals surface area contributed by atoms with Crippen molar-refractivity contribution >= 4 is 27.0 Å². The van der Waals surface area contributed by atoms with Crippen LogP contribution in [-0.4, -0.2) is 45.0 Å². The van der Waals surface area contributed by atoms with E-state index >= 15 is 0 Å². The maximum absolute atomic E-state index is 12.8. The highest BCUT2D eigenvalue weighted by Crippen LogP contribution is 2.42. The first kappa shape index (κ1) is 31.4. The van der Waals surface area contributed by atoms with E-state index in [2.05, 4.69) is 108 Å². The Labute approximate surface area is 246 Å². The van der Waals surface area contributed by atoms with E-state index in [1.165, 1.54) is 14.9 Å². The second kappa shape index (κ2) is 11.6. The average molecular weight is 595 g/mol. The highest BCUT2D eigenvalue weighted by Gasteiger charge is 2.52. The van der Waals surface area contributed by atoms with Gasteiger partial charge in [0, 0.05) is 18.2 Å². The third-order valence-corrected chi connectivity index (χ3v) is 18.3. The van der Waals surface area contributed by atoms with Crippen LogP contribution < -0.4 is 21.6 Å². The molecule has 1 aromatic heterocycles. The normalized spacial score (nSPS) is 20.4. The first-order valence-corrected chi connectivity index (χ1v) is 19.3. The van der Waals surface area contributed by atoms with Gasteiger partial charge in [0.1, 0.15) is 12.3 Å². The van der Waals surface area contributed by atoms with Gasteiger partial charge in [0.25, 0.3) is 13.9 Å². The van der Waals surface area contributed by atoms with Crippen molar-refractivity contribution in [2.24, 2.45) is 0 Å². The maximum Gasteiger partial charge on any atom is 0.330 e. The fourth-order valence-electron chi connectivity index (χ4n) is 5.47. The van der Waals surface area contributed by atoms with Crippen molar-refractivity contribution in [3.63, 3.8) is 0 Å². The Morgan fingerprint density at radius 2 is 1.44 bits per heavy atom. The second-order valence-electron chi connectivity index (χ2n) is 13.7. The average Bonchev–Trinajstić information content (AvgIpc) is 3.28. The lowest BCUT2D eigenvalue weighted by atomic mass is 10.2. The number of aryl methyl sites for hydroxylation is 1. The second-order valence-corrected chi connectivity index (χ2v) is 22.8. The van der Waals surface area contributed by atoms with E-state index in [1.54, 1.807) is 13.1 Å². The Morgan fingerprint density at radius 1 is 0.902 bits per heavy atom. The molecule has 4 rings (SSSR count). The number of nitrogens with zero attached hydrogens (tertiary/aromatic N) is 1. The Hall–Kier alpha value is -2.57. The number of benzene rings is 2. The molecule has 0 aliphatic carbocycles. The maximum atomic E-state index is 12.8. The summed E-state index contributed by atoms with van der Waals surface area (Å²) in [5, 5.41) is 2.21. The number of nitrogens with one attached hydrogen (secondary N) is 1. The Morgan fingerprint density at radius 3 is 1.93 bits per heavy atom. The Bertz CT molecular complexity index is 1400. The summed E-state index contributed by atoms with van der Waals surface area (Å²) in [6.45, 7) is 19.9. The lowest BCUT2D eigenvalue weighted by Crippen LogP contribution is -2.67. The number of H-pyrrole nitrogens is 1. The lowest BCUT2D eigenvalue weighted by molar-refractivity contribution is -0.0406. The highest BCUT2D eigenvalue weighted by molar-refractivity contribution is 6.99. The van der Waals surface area contributed by atoms with Crippen molar-refractivity contribution in [3.8, 4) is 0 Å². The number of aromatic amines is 1. The summed E-state index contributed by atoms with van der Waals surface area (Å²) in [5.74, 6) is 0. The van der Waals surface area contributed by atoms with Crippen molar-refractivity contribution in [2.45, 2.75) is 96.5 Å². The molecule has 1 fully saturated rings. The fourth-order valence-corrected chi connectivity index (χ4v) is 11.4. The van der Waals surface area contributed by atoms with E-state index in [4.69, 9.17) is 13.6 Å². The summed E-state index contributed by atoms with van der Waals surface area (Å²) in [5.41, 5.74) is -0.405. The van der Waals surface area contributed by atoms with Crippen molar-refractivity contribution in [3.05, 3.63) is 93.3 Å². The summed E-state index contributed by atoms with van der Waals surface area (Å²) in [6.07, 6.45) is 0.849. The molecule has 41 heavy (non-hydrogen) atoms. The molecular formula is C32H46N2O5Si2. The zero-order chi connectivity index (χ0) is 30.2. The molecule has 0 amide bonds. The van der Waals surface area contributed by atoms with Gasteiger partial charge in [-0.15, -0.1) is 0 Å². The molecule has 0 unspecified atom stereocenters. The highest BCUT2D eigenvalue weighted by atomic mass is 28.4. The molecule has 222 valence electrons. The van der Waals surface area contributed by atoms with Gasteiger partial charge < -0.3 is 13.6 Å². The monoisotopic (exact) mass is 594 g/mol. The largest absolute Gasteiger partial charge is 0.411 e. The quantitative estimate of drug-likeness (QED) is 0.367. The summed E-state index contributed by atoms with van der Waals surface area (Å²) in [6, 6.07) is 21.1. The third-order valence-electron chi connectivity index (χ3n) is 8.77. The van der Waals surface area contributed by atoms with Gasteiger partial charge in [-0.05, 0) is 40.5 Å². The number of aromatic nitrogens is 2. The van der Waals surface area contributed by atoms with Crippen molar-refractivity contribution in [1.29, 1.82) is 0 Å². The molecule has 3 aromatic rings. The molecule has 0 radical (unpaired) electrons. The van der Waals surface area contributed by atoms with E-state index < -0.39 is 34.7 Å².